The van der Waals surface area contributed by atoms with Gasteiger partial charge in [-0.1, -0.05) is 57.0 Å². The van der Waals surface area contributed by atoms with Gasteiger partial charge in [0.25, 0.3) is 0 Å². The number of carbonyl (C=O) groups excluding carboxylic acids is 2. The van der Waals surface area contributed by atoms with E-state index in [0.29, 0.717) is 35.5 Å². The molecule has 3 aromatic rings. The summed E-state index contributed by atoms with van der Waals surface area (Å²) in [6, 6.07) is 19.1. The average Bonchev–Trinajstić information content (AvgIpc) is 2.85. The summed E-state index contributed by atoms with van der Waals surface area (Å²) in [6.07, 6.45) is 3.01. The van der Waals surface area contributed by atoms with Crippen molar-refractivity contribution in [2.24, 2.45) is 5.92 Å². The Balaban J connectivity index is 1.65. The van der Waals surface area contributed by atoms with E-state index in [9.17, 15) is 14.7 Å². The van der Waals surface area contributed by atoms with E-state index in [2.05, 4.69) is 42.5 Å². The van der Waals surface area contributed by atoms with E-state index in [1.807, 2.05) is 19.1 Å². The van der Waals surface area contributed by atoms with Crippen molar-refractivity contribution >= 4 is 60.9 Å². The summed E-state index contributed by atoms with van der Waals surface area (Å²) in [6.45, 7) is 1.93. The van der Waals surface area contributed by atoms with Crippen molar-refractivity contribution in [3.8, 4) is 5.75 Å². The standard InChI is InChI=1S/C27H27Br2N3O4/c1-17(6-2-5-9-25(34)32-23-8-4-3-7-22(23)30)26(21-16-19(29)12-15-24(21)33)36-27(35)31-20-13-10-18(28)11-14-20/h3-5,7-17,26,33H,2,6,30H2,1H3,(H,31,35)(H,32,34)/b9-5+/t17-,26+/m1/s1. The number of nitrogens with two attached hydrogens (primary N) is 1. The minimum Gasteiger partial charge on any atom is -0.508 e. The van der Waals surface area contributed by atoms with E-state index in [1.54, 1.807) is 60.7 Å². The number of rotatable bonds is 9. The Morgan fingerprint density at radius 3 is 2.44 bits per heavy atom. The Morgan fingerprint density at radius 1 is 1.03 bits per heavy atom. The third kappa shape index (κ3) is 8.13. The fraction of sp³-hybridized carbons (Fsp3) is 0.185. The van der Waals surface area contributed by atoms with Gasteiger partial charge in [-0.2, -0.15) is 0 Å². The number of phenols is 1. The number of benzene rings is 3. The number of halogens is 2. The van der Waals surface area contributed by atoms with Crippen LogP contribution in [0.4, 0.5) is 21.9 Å². The molecule has 0 spiro atoms. The van der Waals surface area contributed by atoms with Crippen LogP contribution >= 0.6 is 31.9 Å². The van der Waals surface area contributed by atoms with Crippen LogP contribution in [-0.4, -0.2) is 17.1 Å². The summed E-state index contributed by atoms with van der Waals surface area (Å²) in [7, 11) is 0. The molecule has 0 fully saturated rings. The van der Waals surface area contributed by atoms with Gasteiger partial charge < -0.3 is 20.9 Å². The molecule has 0 aliphatic carbocycles. The van der Waals surface area contributed by atoms with Gasteiger partial charge >= 0.3 is 6.09 Å². The lowest BCUT2D eigenvalue weighted by Gasteiger charge is -2.25. The predicted molar refractivity (Wildman–Crippen MR) is 150 cm³/mol. The molecule has 0 unspecified atom stereocenters. The van der Waals surface area contributed by atoms with E-state index < -0.39 is 12.2 Å². The molecule has 188 valence electrons. The number of hydrogen-bond donors (Lipinski definition) is 4. The first-order chi connectivity index (χ1) is 17.2. The van der Waals surface area contributed by atoms with Crippen LogP contribution in [0.25, 0.3) is 0 Å². The molecule has 5 N–H and O–H groups in total. The molecule has 3 aromatic carbocycles. The van der Waals surface area contributed by atoms with Crippen LogP contribution in [0.2, 0.25) is 0 Å². The number of amides is 2. The van der Waals surface area contributed by atoms with Gasteiger partial charge in [0.2, 0.25) is 5.91 Å². The van der Waals surface area contributed by atoms with E-state index in [-0.39, 0.29) is 17.6 Å². The molecular formula is C27H27Br2N3O4. The molecule has 36 heavy (non-hydrogen) atoms. The lowest BCUT2D eigenvalue weighted by molar-refractivity contribution is -0.111. The summed E-state index contributed by atoms with van der Waals surface area (Å²) in [4.78, 5) is 24.9. The molecule has 2 amide bonds. The molecule has 9 heteroatoms. The average molecular weight is 617 g/mol. The highest BCUT2D eigenvalue weighted by Crippen LogP contribution is 2.36. The Bertz CT molecular complexity index is 1230. The number of phenolic OH excluding ortho intramolecular Hbond substituents is 1. The zero-order valence-corrected chi connectivity index (χ0v) is 22.8. The van der Waals surface area contributed by atoms with Gasteiger partial charge in [-0.3, -0.25) is 10.1 Å². The monoisotopic (exact) mass is 615 g/mol. The molecule has 0 aliphatic rings. The van der Waals surface area contributed by atoms with Gasteiger partial charge in [0.05, 0.1) is 11.4 Å². The fourth-order valence-electron chi connectivity index (χ4n) is 3.52. The molecule has 0 saturated heterocycles. The van der Waals surface area contributed by atoms with E-state index in [1.165, 1.54) is 6.08 Å². The second kappa shape index (κ2) is 13.1. The normalized spacial score (nSPS) is 12.6. The zero-order valence-electron chi connectivity index (χ0n) is 19.6. The van der Waals surface area contributed by atoms with Crippen molar-refractivity contribution in [2.45, 2.75) is 25.9 Å². The molecule has 0 saturated carbocycles. The van der Waals surface area contributed by atoms with Gasteiger partial charge in [0.15, 0.2) is 0 Å². The maximum Gasteiger partial charge on any atom is 0.412 e. The van der Waals surface area contributed by atoms with Gasteiger partial charge in [0.1, 0.15) is 11.9 Å². The summed E-state index contributed by atoms with van der Waals surface area (Å²) in [5.41, 5.74) is 7.97. The largest absolute Gasteiger partial charge is 0.508 e. The molecule has 0 heterocycles. The third-order valence-electron chi connectivity index (χ3n) is 5.41. The first-order valence-electron chi connectivity index (χ1n) is 11.3. The number of allylic oxidation sites excluding steroid dienone is 1. The summed E-state index contributed by atoms with van der Waals surface area (Å²) in [5, 5.41) is 15.9. The third-order valence-corrected chi connectivity index (χ3v) is 6.44. The Kier molecular flexibility index (Phi) is 9.95. The number of ether oxygens (including phenoxy) is 1. The summed E-state index contributed by atoms with van der Waals surface area (Å²) < 4.78 is 7.42. The van der Waals surface area contributed by atoms with Crippen LogP contribution in [0.15, 0.2) is 87.8 Å². The first-order valence-corrected chi connectivity index (χ1v) is 12.8. The second-order valence-corrected chi connectivity index (χ2v) is 10.0. The smallest absolute Gasteiger partial charge is 0.412 e. The molecule has 0 bridgehead atoms. The fourth-order valence-corrected chi connectivity index (χ4v) is 4.16. The van der Waals surface area contributed by atoms with Gasteiger partial charge in [-0.05, 0) is 79.4 Å². The Morgan fingerprint density at radius 2 is 1.72 bits per heavy atom. The number of aromatic hydroxyl groups is 1. The van der Waals surface area contributed by atoms with Crippen molar-refractivity contribution in [3.05, 3.63) is 93.4 Å². The first kappa shape index (κ1) is 27.3. The summed E-state index contributed by atoms with van der Waals surface area (Å²) in [5.74, 6) is -0.424. The minimum atomic E-state index is -0.718. The highest BCUT2D eigenvalue weighted by molar-refractivity contribution is 9.10. The van der Waals surface area contributed by atoms with Crippen molar-refractivity contribution in [1.82, 2.24) is 0 Å². The van der Waals surface area contributed by atoms with Crippen LogP contribution in [0, 0.1) is 5.92 Å². The highest BCUT2D eigenvalue weighted by atomic mass is 79.9. The second-order valence-electron chi connectivity index (χ2n) is 8.19. The number of nitrogens with one attached hydrogen (secondary N) is 2. The number of carbonyl (C=O) groups is 2. The van der Waals surface area contributed by atoms with Crippen molar-refractivity contribution in [3.63, 3.8) is 0 Å². The van der Waals surface area contributed by atoms with Crippen molar-refractivity contribution < 1.29 is 19.4 Å². The minimum absolute atomic E-state index is 0.0295. The maximum absolute atomic E-state index is 12.7. The predicted octanol–water partition coefficient (Wildman–Crippen LogP) is 7.40. The highest BCUT2D eigenvalue weighted by Gasteiger charge is 2.26. The van der Waals surface area contributed by atoms with Crippen LogP contribution < -0.4 is 16.4 Å². The molecule has 0 radical (unpaired) electrons. The molecule has 0 aliphatic heterocycles. The zero-order chi connectivity index (χ0) is 26.1. The number of nitrogen functional groups attached to an aromatic ring is 1. The quantitative estimate of drug-likeness (QED) is 0.148. The summed E-state index contributed by atoms with van der Waals surface area (Å²) >= 11 is 6.78. The van der Waals surface area contributed by atoms with Gasteiger partial charge in [0, 0.05) is 20.2 Å². The molecular weight excluding hydrogens is 590 g/mol. The molecule has 7 nitrogen and oxygen atoms in total. The van der Waals surface area contributed by atoms with E-state index in [4.69, 9.17) is 10.5 Å². The molecule has 3 rings (SSSR count). The van der Waals surface area contributed by atoms with Gasteiger partial charge in [-0.25, -0.2) is 4.79 Å². The van der Waals surface area contributed by atoms with Gasteiger partial charge in [-0.15, -0.1) is 0 Å². The topological polar surface area (TPSA) is 114 Å². The number of para-hydroxylation sites is 2. The SMILES string of the molecule is C[C@H](CC/C=C/C(=O)Nc1ccccc1N)[C@H](OC(=O)Nc1ccc(Br)cc1)c1cc(Br)ccc1O. The van der Waals surface area contributed by atoms with E-state index in [0.717, 1.165) is 8.95 Å². The number of hydrogen-bond acceptors (Lipinski definition) is 5. The Hall–Kier alpha value is -3.30. The Labute approximate surface area is 227 Å². The maximum atomic E-state index is 12.7. The van der Waals surface area contributed by atoms with Crippen LogP contribution in [0.1, 0.15) is 31.4 Å². The van der Waals surface area contributed by atoms with Crippen molar-refractivity contribution in [2.75, 3.05) is 16.4 Å². The van der Waals surface area contributed by atoms with Crippen LogP contribution in [0.3, 0.4) is 0 Å². The van der Waals surface area contributed by atoms with Crippen LogP contribution in [0.5, 0.6) is 5.75 Å². The molecule has 0 aromatic heterocycles. The van der Waals surface area contributed by atoms with E-state index >= 15 is 0 Å². The lowest BCUT2D eigenvalue weighted by Crippen LogP contribution is -2.22. The van der Waals surface area contributed by atoms with Crippen molar-refractivity contribution in [1.29, 1.82) is 0 Å². The molecule has 2 atom stereocenters. The van der Waals surface area contributed by atoms with Crippen LogP contribution in [-0.2, 0) is 9.53 Å². The number of anilines is 3. The lowest BCUT2D eigenvalue weighted by atomic mass is 9.92.